The standard InChI is InChI=1S/C36H50O4/c1-23(16-19-36(40,24-10-6-4-7-11-24)25-12-8-5-9-13-25)28-14-15-29-33-30(22-32(39)35(28,29)3)34(2)18-17-27(37)20-26(34)21-31(33)38/h4-13,23,26-33,37-40H,14-22H2,1-3H3/t23-,26-,27+,28+,29+,30-,31+,32-,33+,34-,35+/m0/s1. The lowest BCUT2D eigenvalue weighted by atomic mass is 9.43. The third-order valence-electron chi connectivity index (χ3n) is 13.0. The first-order valence-corrected chi connectivity index (χ1v) is 16.0. The Morgan fingerprint density at radius 3 is 2.08 bits per heavy atom. The van der Waals surface area contributed by atoms with E-state index in [1.54, 1.807) is 0 Å². The second-order valence-corrected chi connectivity index (χ2v) is 14.6. The third kappa shape index (κ3) is 4.40. The zero-order chi connectivity index (χ0) is 28.3. The van der Waals surface area contributed by atoms with E-state index in [0.717, 1.165) is 62.5 Å². The van der Waals surface area contributed by atoms with Crippen LogP contribution in [0.5, 0.6) is 0 Å². The van der Waals surface area contributed by atoms with E-state index in [2.05, 4.69) is 20.8 Å². The molecule has 2 aromatic rings. The molecule has 6 rings (SSSR count). The minimum Gasteiger partial charge on any atom is -0.393 e. The van der Waals surface area contributed by atoms with Gasteiger partial charge in [-0.3, -0.25) is 0 Å². The molecule has 0 aromatic heterocycles. The Morgan fingerprint density at radius 2 is 1.45 bits per heavy atom. The fraction of sp³-hybridized carbons (Fsp3) is 0.667. The van der Waals surface area contributed by atoms with E-state index in [1.165, 1.54) is 0 Å². The van der Waals surface area contributed by atoms with Crippen LogP contribution in [0.25, 0.3) is 0 Å². The Hall–Kier alpha value is -1.72. The van der Waals surface area contributed by atoms with Crippen molar-refractivity contribution in [2.45, 2.75) is 102 Å². The van der Waals surface area contributed by atoms with E-state index in [-0.39, 0.29) is 35.1 Å². The summed E-state index contributed by atoms with van der Waals surface area (Å²) in [5.41, 5.74) is 0.666. The summed E-state index contributed by atoms with van der Waals surface area (Å²) in [7, 11) is 0. The molecule has 4 fully saturated rings. The first kappa shape index (κ1) is 28.4. The predicted molar refractivity (Wildman–Crippen MR) is 158 cm³/mol. The zero-order valence-corrected chi connectivity index (χ0v) is 24.6. The molecule has 0 bridgehead atoms. The Kier molecular flexibility index (Phi) is 7.47. The lowest BCUT2D eigenvalue weighted by molar-refractivity contribution is -0.207. The fourth-order valence-electron chi connectivity index (χ4n) is 10.7. The highest BCUT2D eigenvalue weighted by Gasteiger charge is 2.65. The average Bonchev–Trinajstić information content (AvgIpc) is 3.32. The van der Waals surface area contributed by atoms with E-state index in [9.17, 15) is 20.4 Å². The van der Waals surface area contributed by atoms with Crippen molar-refractivity contribution in [3.63, 3.8) is 0 Å². The van der Waals surface area contributed by atoms with Crippen molar-refractivity contribution in [3.05, 3.63) is 71.8 Å². The molecule has 4 nitrogen and oxygen atoms in total. The molecule has 0 amide bonds. The molecule has 40 heavy (non-hydrogen) atoms. The molecular weight excluding hydrogens is 496 g/mol. The topological polar surface area (TPSA) is 80.9 Å². The van der Waals surface area contributed by atoms with Gasteiger partial charge in [0.15, 0.2) is 0 Å². The smallest absolute Gasteiger partial charge is 0.115 e. The number of fused-ring (bicyclic) bond motifs is 5. The van der Waals surface area contributed by atoms with Crippen molar-refractivity contribution in [1.82, 2.24) is 0 Å². The Balaban J connectivity index is 1.24. The number of hydrogen-bond acceptors (Lipinski definition) is 4. The van der Waals surface area contributed by atoms with Crippen LogP contribution in [-0.4, -0.2) is 38.7 Å². The molecule has 0 heterocycles. The van der Waals surface area contributed by atoms with Crippen molar-refractivity contribution in [1.29, 1.82) is 0 Å². The van der Waals surface area contributed by atoms with Gasteiger partial charge in [0.2, 0.25) is 0 Å². The Labute approximate surface area is 240 Å². The van der Waals surface area contributed by atoms with Crippen LogP contribution in [0.1, 0.15) is 89.7 Å². The molecule has 4 aliphatic rings. The zero-order valence-electron chi connectivity index (χ0n) is 24.6. The van der Waals surface area contributed by atoms with Gasteiger partial charge >= 0.3 is 0 Å². The summed E-state index contributed by atoms with van der Waals surface area (Å²) in [5, 5.41) is 46.1. The molecular formula is C36H50O4. The van der Waals surface area contributed by atoms with Gasteiger partial charge in [-0.05, 0) is 115 Å². The van der Waals surface area contributed by atoms with Gasteiger partial charge < -0.3 is 20.4 Å². The van der Waals surface area contributed by atoms with Crippen molar-refractivity contribution in [2.24, 2.45) is 46.3 Å². The largest absolute Gasteiger partial charge is 0.393 e. The van der Waals surface area contributed by atoms with Gasteiger partial charge in [0.25, 0.3) is 0 Å². The van der Waals surface area contributed by atoms with Crippen molar-refractivity contribution in [3.8, 4) is 0 Å². The van der Waals surface area contributed by atoms with Crippen LogP contribution in [-0.2, 0) is 5.60 Å². The molecule has 0 unspecified atom stereocenters. The maximum Gasteiger partial charge on any atom is 0.115 e. The highest BCUT2D eigenvalue weighted by atomic mass is 16.3. The van der Waals surface area contributed by atoms with Crippen LogP contribution >= 0.6 is 0 Å². The van der Waals surface area contributed by atoms with E-state index >= 15 is 0 Å². The Bertz CT molecular complexity index is 1110. The summed E-state index contributed by atoms with van der Waals surface area (Å²) in [6.07, 6.45) is 6.85. The van der Waals surface area contributed by atoms with Crippen molar-refractivity contribution < 1.29 is 20.4 Å². The van der Waals surface area contributed by atoms with Gasteiger partial charge in [-0.1, -0.05) is 81.4 Å². The van der Waals surface area contributed by atoms with Crippen LogP contribution in [0.4, 0.5) is 0 Å². The summed E-state index contributed by atoms with van der Waals surface area (Å²) in [5.74, 6) is 1.90. The minimum absolute atomic E-state index is 0.0942. The molecule has 0 spiro atoms. The maximum absolute atomic E-state index is 12.1. The summed E-state index contributed by atoms with van der Waals surface area (Å²) in [6, 6.07) is 20.1. The molecule has 0 aliphatic heterocycles. The van der Waals surface area contributed by atoms with Gasteiger partial charge in [0.05, 0.1) is 18.3 Å². The molecule has 4 N–H and O–H groups in total. The van der Waals surface area contributed by atoms with Gasteiger partial charge in [0, 0.05) is 0 Å². The SMILES string of the molecule is C[C@@H](CCC(O)(c1ccccc1)c1ccccc1)[C@H]1CC[C@@H]2[C@H]3[C@H](O)C[C@@H]4C[C@H](O)CC[C@]4(C)[C@H]3C[C@H](O)[C@@]21C. The van der Waals surface area contributed by atoms with E-state index < -0.39 is 5.60 Å². The number of rotatable bonds is 6. The second kappa shape index (κ2) is 10.5. The number of hydrogen-bond donors (Lipinski definition) is 4. The molecule has 4 saturated carbocycles. The molecule has 0 saturated heterocycles. The van der Waals surface area contributed by atoms with Crippen LogP contribution in [0, 0.1) is 46.3 Å². The van der Waals surface area contributed by atoms with Gasteiger partial charge in [-0.25, -0.2) is 0 Å². The van der Waals surface area contributed by atoms with Crippen LogP contribution in [0.15, 0.2) is 60.7 Å². The van der Waals surface area contributed by atoms with Crippen molar-refractivity contribution >= 4 is 0 Å². The molecule has 2 aromatic carbocycles. The van der Waals surface area contributed by atoms with Crippen LogP contribution in [0.2, 0.25) is 0 Å². The molecule has 4 aliphatic carbocycles. The molecule has 4 heteroatoms. The van der Waals surface area contributed by atoms with Gasteiger partial charge in [-0.15, -0.1) is 0 Å². The summed E-state index contributed by atoms with van der Waals surface area (Å²) in [6.45, 7) is 7.04. The van der Waals surface area contributed by atoms with Gasteiger partial charge in [-0.2, -0.15) is 0 Å². The molecule has 11 atom stereocenters. The maximum atomic E-state index is 12.1. The first-order valence-electron chi connectivity index (χ1n) is 16.0. The fourth-order valence-corrected chi connectivity index (χ4v) is 10.7. The third-order valence-corrected chi connectivity index (χ3v) is 13.0. The van der Waals surface area contributed by atoms with Gasteiger partial charge in [0.1, 0.15) is 5.60 Å². The lowest BCUT2D eigenvalue weighted by Crippen LogP contribution is -2.62. The van der Waals surface area contributed by atoms with E-state index in [4.69, 9.17) is 0 Å². The summed E-state index contributed by atoms with van der Waals surface area (Å²) < 4.78 is 0. The van der Waals surface area contributed by atoms with Crippen molar-refractivity contribution in [2.75, 3.05) is 0 Å². The molecule has 0 radical (unpaired) electrons. The summed E-state index contributed by atoms with van der Waals surface area (Å²) >= 11 is 0. The van der Waals surface area contributed by atoms with Crippen LogP contribution < -0.4 is 0 Å². The quantitative estimate of drug-likeness (QED) is 0.343. The highest BCUT2D eigenvalue weighted by molar-refractivity contribution is 5.35. The normalized spacial score (nSPS) is 42.0. The van der Waals surface area contributed by atoms with E-state index in [0.29, 0.717) is 36.0 Å². The summed E-state index contributed by atoms with van der Waals surface area (Å²) in [4.78, 5) is 0. The number of benzene rings is 2. The number of aliphatic hydroxyl groups excluding tert-OH is 3. The van der Waals surface area contributed by atoms with E-state index in [1.807, 2.05) is 60.7 Å². The van der Waals surface area contributed by atoms with Crippen LogP contribution in [0.3, 0.4) is 0 Å². The Morgan fingerprint density at radius 1 is 0.825 bits per heavy atom. The number of aliphatic hydroxyl groups is 4. The highest BCUT2D eigenvalue weighted by Crippen LogP contribution is 2.68. The lowest BCUT2D eigenvalue weighted by Gasteiger charge is -2.63. The monoisotopic (exact) mass is 546 g/mol. The first-order chi connectivity index (χ1) is 19.1. The predicted octanol–water partition coefficient (Wildman–Crippen LogP) is 6.30. The second-order valence-electron chi connectivity index (χ2n) is 14.6. The minimum atomic E-state index is -1.05. The molecule has 218 valence electrons. The average molecular weight is 547 g/mol.